The van der Waals surface area contributed by atoms with E-state index in [1.165, 1.54) is 0 Å². The van der Waals surface area contributed by atoms with Gasteiger partial charge < -0.3 is 9.80 Å². The van der Waals surface area contributed by atoms with Gasteiger partial charge >= 0.3 is 0 Å². The molecule has 1 aliphatic heterocycles. The van der Waals surface area contributed by atoms with E-state index < -0.39 is 0 Å². The number of hydrogen-bond donors (Lipinski definition) is 1. The third kappa shape index (κ3) is 2.95. The van der Waals surface area contributed by atoms with Crippen molar-refractivity contribution in [2.45, 2.75) is 0 Å². The maximum absolute atomic E-state index is 6.21. The topological polar surface area (TPSA) is 33.5 Å². The van der Waals surface area contributed by atoms with Gasteiger partial charge in [-0.05, 0) is 18.2 Å². The number of benzene rings is 2. The summed E-state index contributed by atoms with van der Waals surface area (Å²) in [7, 11) is 2.23. The average molecular weight is 340 g/mol. The van der Waals surface area contributed by atoms with E-state index in [1.807, 2.05) is 36.4 Å². The number of nitrogens with zero attached hydrogens (tertiary/aromatic N) is 3. The van der Waals surface area contributed by atoms with E-state index in [1.54, 1.807) is 4.90 Å². The second-order valence-electron chi connectivity index (χ2n) is 6.34. The summed E-state index contributed by atoms with van der Waals surface area (Å²) in [6.45, 7) is 4.20. The van der Waals surface area contributed by atoms with E-state index in [2.05, 4.69) is 24.1 Å². The molecule has 4 nitrogen and oxygen atoms in total. The van der Waals surface area contributed by atoms with Crippen molar-refractivity contribution in [2.24, 2.45) is 0 Å². The molecule has 0 amide bonds. The molecule has 0 atom stereocenters. The summed E-state index contributed by atoms with van der Waals surface area (Å²) in [6, 6.07) is 16.1. The van der Waals surface area contributed by atoms with Crippen molar-refractivity contribution in [3.63, 3.8) is 0 Å². The molecule has 1 N–H and O–H groups in total. The number of nitrogens with one attached hydrogen (secondary N) is 1. The van der Waals surface area contributed by atoms with Crippen LogP contribution < -0.4 is 9.80 Å². The molecule has 1 aliphatic rings. The Hall–Kier alpha value is -2.17. The fraction of sp³-hybridized carbons (Fsp3) is 0.263. The van der Waals surface area contributed by atoms with Crippen LogP contribution in [-0.4, -0.2) is 43.2 Å². The Kier molecular flexibility index (Phi) is 4.08. The first kappa shape index (κ1) is 15.4. The van der Waals surface area contributed by atoms with Crippen molar-refractivity contribution in [1.82, 2.24) is 9.97 Å². The van der Waals surface area contributed by atoms with Crippen LogP contribution in [0.3, 0.4) is 0 Å². The monoisotopic (exact) mass is 339 g/mol. The first-order chi connectivity index (χ1) is 11.7. The second-order valence-corrected chi connectivity index (χ2v) is 6.78. The lowest BCUT2D eigenvalue weighted by Gasteiger charge is -2.30. The van der Waals surface area contributed by atoms with Crippen molar-refractivity contribution in [3.8, 4) is 11.3 Å². The van der Waals surface area contributed by atoms with Crippen molar-refractivity contribution in [3.05, 3.63) is 53.6 Å². The van der Waals surface area contributed by atoms with Gasteiger partial charge in [0.2, 0.25) is 5.95 Å². The van der Waals surface area contributed by atoms with Crippen molar-refractivity contribution in [1.29, 1.82) is 0 Å². The van der Waals surface area contributed by atoms with Gasteiger partial charge in [0.25, 0.3) is 0 Å². The van der Waals surface area contributed by atoms with E-state index >= 15 is 0 Å². The van der Waals surface area contributed by atoms with E-state index in [0.29, 0.717) is 5.02 Å². The fourth-order valence-corrected chi connectivity index (χ4v) is 3.31. The maximum atomic E-state index is 6.21. The average Bonchev–Trinajstić information content (AvgIpc) is 2.62. The van der Waals surface area contributed by atoms with Gasteiger partial charge in [0.15, 0.2) is 0 Å². The van der Waals surface area contributed by atoms with Crippen LogP contribution in [-0.2, 0) is 0 Å². The lowest BCUT2D eigenvalue weighted by atomic mass is 10.1. The van der Waals surface area contributed by atoms with E-state index in [0.717, 1.165) is 54.3 Å². The molecule has 2 heterocycles. The molecule has 0 radical (unpaired) electrons. The molecule has 2 aromatic carbocycles. The molecule has 122 valence electrons. The Balaban J connectivity index is 1.86. The first-order valence-corrected chi connectivity index (χ1v) is 8.67. The zero-order chi connectivity index (χ0) is 16.5. The van der Waals surface area contributed by atoms with Gasteiger partial charge in [-0.2, -0.15) is 0 Å². The lowest BCUT2D eigenvalue weighted by Crippen LogP contribution is -3.12. The number of aromatic nitrogens is 2. The molecule has 4 rings (SSSR count). The van der Waals surface area contributed by atoms with Gasteiger partial charge in [0, 0.05) is 16.0 Å². The number of quaternary nitrogens is 1. The van der Waals surface area contributed by atoms with Gasteiger partial charge in [-0.1, -0.05) is 41.9 Å². The molecule has 0 aliphatic carbocycles. The Bertz CT molecular complexity index is 858. The summed E-state index contributed by atoms with van der Waals surface area (Å²) in [5.74, 6) is 0.816. The van der Waals surface area contributed by atoms with Crippen LogP contribution in [0, 0.1) is 0 Å². The van der Waals surface area contributed by atoms with Crippen molar-refractivity contribution in [2.75, 3.05) is 38.1 Å². The van der Waals surface area contributed by atoms with Crippen molar-refractivity contribution < 1.29 is 4.90 Å². The molecular weight excluding hydrogens is 320 g/mol. The summed E-state index contributed by atoms with van der Waals surface area (Å²) in [5, 5.41) is 1.71. The number of fused-ring (bicyclic) bond motifs is 1. The molecular formula is C19H20ClN4+. The van der Waals surface area contributed by atoms with Gasteiger partial charge in [-0.25, -0.2) is 9.97 Å². The van der Waals surface area contributed by atoms with Crippen LogP contribution in [0.25, 0.3) is 22.2 Å². The van der Waals surface area contributed by atoms with Gasteiger partial charge in [0.05, 0.1) is 44.4 Å². The third-order valence-corrected chi connectivity index (χ3v) is 4.83. The lowest BCUT2D eigenvalue weighted by molar-refractivity contribution is -0.880. The zero-order valence-electron chi connectivity index (χ0n) is 13.7. The highest BCUT2D eigenvalue weighted by molar-refractivity contribution is 6.31. The number of hydrogen-bond acceptors (Lipinski definition) is 3. The fourth-order valence-electron chi connectivity index (χ4n) is 3.13. The minimum Gasteiger partial charge on any atom is -0.334 e. The largest absolute Gasteiger partial charge is 0.334 e. The maximum Gasteiger partial charge on any atom is 0.226 e. The number of piperazine rings is 1. The molecule has 24 heavy (non-hydrogen) atoms. The summed E-state index contributed by atoms with van der Waals surface area (Å²) >= 11 is 6.21. The quantitative estimate of drug-likeness (QED) is 0.777. The zero-order valence-corrected chi connectivity index (χ0v) is 14.4. The van der Waals surface area contributed by atoms with Gasteiger partial charge in [-0.3, -0.25) is 0 Å². The smallest absolute Gasteiger partial charge is 0.226 e. The number of likely N-dealkylation sites (N-methyl/N-ethyl adjacent to an activating group) is 1. The predicted molar refractivity (Wildman–Crippen MR) is 98.8 cm³/mol. The molecule has 0 spiro atoms. The minimum absolute atomic E-state index is 0.708. The highest BCUT2D eigenvalue weighted by atomic mass is 35.5. The molecule has 0 bridgehead atoms. The Labute approximate surface area is 146 Å². The van der Waals surface area contributed by atoms with Gasteiger partial charge in [-0.15, -0.1) is 0 Å². The highest BCUT2D eigenvalue weighted by Crippen LogP contribution is 2.30. The first-order valence-electron chi connectivity index (χ1n) is 8.30. The molecule has 5 heteroatoms. The van der Waals surface area contributed by atoms with E-state index in [-0.39, 0.29) is 0 Å². The molecule has 1 aromatic heterocycles. The van der Waals surface area contributed by atoms with Crippen LogP contribution in [0.1, 0.15) is 0 Å². The minimum atomic E-state index is 0.708. The van der Waals surface area contributed by atoms with Crippen LogP contribution in [0.4, 0.5) is 5.95 Å². The Morgan fingerprint density at radius 3 is 2.50 bits per heavy atom. The summed E-state index contributed by atoms with van der Waals surface area (Å²) in [4.78, 5) is 13.5. The number of halogens is 1. The predicted octanol–water partition coefficient (Wildman–Crippen LogP) is 2.28. The summed E-state index contributed by atoms with van der Waals surface area (Å²) < 4.78 is 0. The second kappa shape index (κ2) is 6.38. The van der Waals surface area contributed by atoms with Crippen LogP contribution in [0.5, 0.6) is 0 Å². The number of anilines is 1. The van der Waals surface area contributed by atoms with Crippen LogP contribution >= 0.6 is 11.6 Å². The molecule has 3 aromatic rings. The SMILES string of the molecule is C[NH+]1CCN(c2nc(-c3ccccc3)c3cc(Cl)ccc3n2)CC1. The summed E-state index contributed by atoms with van der Waals surface area (Å²) in [5.41, 5.74) is 2.98. The normalized spacial score (nSPS) is 15.8. The Morgan fingerprint density at radius 2 is 1.75 bits per heavy atom. The molecule has 1 saturated heterocycles. The third-order valence-electron chi connectivity index (χ3n) is 4.59. The van der Waals surface area contributed by atoms with Crippen LogP contribution in [0.15, 0.2) is 48.5 Å². The van der Waals surface area contributed by atoms with Crippen molar-refractivity contribution >= 4 is 28.5 Å². The van der Waals surface area contributed by atoms with Crippen LogP contribution in [0.2, 0.25) is 5.02 Å². The van der Waals surface area contributed by atoms with E-state index in [4.69, 9.17) is 21.6 Å². The van der Waals surface area contributed by atoms with E-state index in [9.17, 15) is 0 Å². The standard InChI is InChI=1S/C19H19ClN4/c1-23-9-11-24(12-10-23)19-21-17-8-7-15(20)13-16(17)18(22-19)14-5-3-2-4-6-14/h2-8,13H,9-12H2,1H3/p+1. The molecule has 0 saturated carbocycles. The summed E-state index contributed by atoms with van der Waals surface area (Å²) in [6.07, 6.45) is 0. The highest BCUT2D eigenvalue weighted by Gasteiger charge is 2.21. The Morgan fingerprint density at radius 1 is 1.00 bits per heavy atom. The number of rotatable bonds is 2. The molecule has 1 fully saturated rings. The molecule has 0 unspecified atom stereocenters. The van der Waals surface area contributed by atoms with Gasteiger partial charge in [0.1, 0.15) is 0 Å².